The second kappa shape index (κ2) is 11.2. The highest BCUT2D eigenvalue weighted by Crippen LogP contribution is 2.40. The van der Waals surface area contributed by atoms with Gasteiger partial charge in [-0.3, -0.25) is 4.98 Å². The van der Waals surface area contributed by atoms with Crippen molar-refractivity contribution in [2.24, 2.45) is 5.41 Å². The van der Waals surface area contributed by atoms with E-state index in [1.165, 1.54) is 0 Å². The smallest absolute Gasteiger partial charge is 0.409 e. The predicted molar refractivity (Wildman–Crippen MR) is 151 cm³/mol. The van der Waals surface area contributed by atoms with Crippen molar-refractivity contribution in [2.75, 3.05) is 19.7 Å². The average molecular weight is 565 g/mol. The van der Waals surface area contributed by atoms with E-state index in [0.717, 1.165) is 42.6 Å². The number of sulfone groups is 1. The Kier molecular flexibility index (Phi) is 7.81. The van der Waals surface area contributed by atoms with Gasteiger partial charge in [0.15, 0.2) is 15.7 Å². The minimum Gasteiger partial charge on any atom is -0.487 e. The largest absolute Gasteiger partial charge is 0.487 e. The molecule has 0 radical (unpaired) electrons. The van der Waals surface area contributed by atoms with Crippen LogP contribution in [0.1, 0.15) is 56.9 Å². The zero-order valence-corrected chi connectivity index (χ0v) is 24.1. The molecule has 5 rings (SSSR count). The summed E-state index contributed by atoms with van der Waals surface area (Å²) in [7, 11) is -3.40. The van der Waals surface area contributed by atoms with Crippen LogP contribution in [0.2, 0.25) is 0 Å². The number of ether oxygens (including phenoxy) is 2. The number of aromatic nitrogens is 3. The van der Waals surface area contributed by atoms with Crippen molar-refractivity contribution in [1.82, 2.24) is 19.9 Å². The minimum atomic E-state index is -3.40. The minimum absolute atomic E-state index is 0.0596. The number of aryl methyl sites for hydroxylation is 1. The molecule has 1 aromatic carbocycles. The highest BCUT2D eigenvalue weighted by atomic mass is 32.2. The van der Waals surface area contributed by atoms with Gasteiger partial charge in [-0.2, -0.15) is 0 Å². The van der Waals surface area contributed by atoms with Gasteiger partial charge in [0.1, 0.15) is 11.4 Å². The van der Waals surface area contributed by atoms with Gasteiger partial charge in [0.05, 0.1) is 23.8 Å². The molecule has 0 bridgehead atoms. The summed E-state index contributed by atoms with van der Waals surface area (Å²) in [5, 5.41) is 0. The Morgan fingerprint density at radius 2 is 1.77 bits per heavy atom. The van der Waals surface area contributed by atoms with Crippen LogP contribution in [0, 0.1) is 5.41 Å². The summed E-state index contributed by atoms with van der Waals surface area (Å²) >= 11 is 0. The lowest BCUT2D eigenvalue weighted by atomic mass is 9.83. The van der Waals surface area contributed by atoms with Crippen molar-refractivity contribution < 1.29 is 22.7 Å². The summed E-state index contributed by atoms with van der Waals surface area (Å²) in [5.41, 5.74) is 2.68. The standard InChI is InChI=1S/C30H36N4O5S/c1-29(2,3)21-38-28(35)34-14-11-30(12-15-34)10-9-23-16-24(7-8-26(23)39-30)27-32-17-22(18-33-27)19-40(36,37)20-25-6-4-5-13-31-25/h4-8,13,16-18H,9-12,14-15,19-21H2,1-3H3. The van der Waals surface area contributed by atoms with Gasteiger partial charge in [0, 0.05) is 55.6 Å². The van der Waals surface area contributed by atoms with Crippen molar-refractivity contribution in [3.8, 4) is 17.1 Å². The number of piperidine rings is 1. The first-order chi connectivity index (χ1) is 19.0. The first kappa shape index (κ1) is 28.0. The third kappa shape index (κ3) is 6.96. The predicted octanol–water partition coefficient (Wildman–Crippen LogP) is 5.00. The normalized spacial score (nSPS) is 16.7. The fourth-order valence-electron chi connectivity index (χ4n) is 5.07. The number of pyridine rings is 1. The van der Waals surface area contributed by atoms with Gasteiger partial charge < -0.3 is 14.4 Å². The lowest BCUT2D eigenvalue weighted by Gasteiger charge is -2.44. The summed E-state index contributed by atoms with van der Waals surface area (Å²) in [6.45, 7) is 7.78. The second-order valence-corrected chi connectivity index (χ2v) is 14.0. The average Bonchev–Trinajstić information content (AvgIpc) is 2.92. The summed E-state index contributed by atoms with van der Waals surface area (Å²) in [4.78, 5) is 27.2. The number of benzene rings is 1. The molecular formula is C30H36N4O5S. The Hall–Kier alpha value is -3.53. The highest BCUT2D eigenvalue weighted by molar-refractivity contribution is 7.89. The molecule has 0 atom stereocenters. The molecule has 0 unspecified atom stereocenters. The summed E-state index contributed by atoms with van der Waals surface area (Å²) in [5.74, 6) is 1.13. The van der Waals surface area contributed by atoms with Crippen LogP contribution in [0.5, 0.6) is 5.75 Å². The highest BCUT2D eigenvalue weighted by Gasteiger charge is 2.41. The Morgan fingerprint density at radius 1 is 1.02 bits per heavy atom. The summed E-state index contributed by atoms with van der Waals surface area (Å²) in [6, 6.07) is 11.2. The number of rotatable bonds is 6. The Balaban J connectivity index is 1.18. The zero-order chi connectivity index (χ0) is 28.4. The van der Waals surface area contributed by atoms with Gasteiger partial charge in [0.2, 0.25) is 0 Å². The molecule has 1 saturated heterocycles. The molecule has 0 saturated carbocycles. The molecule has 1 fully saturated rings. The van der Waals surface area contributed by atoms with Crippen LogP contribution in [-0.2, 0) is 32.5 Å². The first-order valence-corrected chi connectivity index (χ1v) is 15.5. The molecule has 3 aromatic rings. The van der Waals surface area contributed by atoms with Crippen molar-refractivity contribution in [3.63, 3.8) is 0 Å². The molecule has 2 aliphatic rings. The Morgan fingerprint density at radius 3 is 2.45 bits per heavy atom. The van der Waals surface area contributed by atoms with Gasteiger partial charge in [-0.05, 0) is 54.2 Å². The van der Waals surface area contributed by atoms with E-state index in [-0.39, 0.29) is 28.6 Å². The molecule has 2 aromatic heterocycles. The molecule has 9 nitrogen and oxygen atoms in total. The van der Waals surface area contributed by atoms with Crippen molar-refractivity contribution in [3.05, 3.63) is 71.8 Å². The van der Waals surface area contributed by atoms with E-state index in [9.17, 15) is 13.2 Å². The maximum Gasteiger partial charge on any atom is 0.409 e. The SMILES string of the molecule is CC(C)(C)COC(=O)N1CCC2(CCc3cc(-c4ncc(CS(=O)(=O)Cc5ccccn5)cn4)ccc3O2)CC1. The van der Waals surface area contributed by atoms with E-state index in [4.69, 9.17) is 9.47 Å². The van der Waals surface area contributed by atoms with Crippen LogP contribution in [0.25, 0.3) is 11.4 Å². The molecule has 212 valence electrons. The molecule has 0 N–H and O–H groups in total. The van der Waals surface area contributed by atoms with Crippen LogP contribution in [0.3, 0.4) is 0 Å². The van der Waals surface area contributed by atoms with E-state index in [0.29, 0.717) is 36.8 Å². The lowest BCUT2D eigenvalue weighted by molar-refractivity contribution is -0.0171. The lowest BCUT2D eigenvalue weighted by Crippen LogP contribution is -2.51. The maximum atomic E-state index is 12.6. The number of carbonyl (C=O) groups is 1. The summed E-state index contributed by atoms with van der Waals surface area (Å²) in [6.07, 6.45) is 7.76. The van der Waals surface area contributed by atoms with E-state index in [2.05, 4.69) is 15.0 Å². The van der Waals surface area contributed by atoms with Crippen LogP contribution >= 0.6 is 0 Å². The number of likely N-dealkylation sites (tertiary alicyclic amines) is 1. The fraction of sp³-hybridized carbons (Fsp3) is 0.467. The molecule has 4 heterocycles. The number of nitrogens with zero attached hydrogens (tertiary/aromatic N) is 4. The van der Waals surface area contributed by atoms with Gasteiger partial charge in [-0.1, -0.05) is 26.8 Å². The van der Waals surface area contributed by atoms with Gasteiger partial charge in [-0.15, -0.1) is 0 Å². The van der Waals surface area contributed by atoms with Gasteiger partial charge >= 0.3 is 6.09 Å². The van der Waals surface area contributed by atoms with Crippen LogP contribution < -0.4 is 4.74 Å². The molecule has 1 amide bonds. The Bertz CT molecular complexity index is 1450. The van der Waals surface area contributed by atoms with Crippen LogP contribution in [-0.4, -0.2) is 59.7 Å². The van der Waals surface area contributed by atoms with Gasteiger partial charge in [-0.25, -0.2) is 23.2 Å². The number of hydrogen-bond acceptors (Lipinski definition) is 8. The van der Waals surface area contributed by atoms with Gasteiger partial charge in [0.25, 0.3) is 0 Å². The third-order valence-corrected chi connectivity index (χ3v) is 8.75. The number of amides is 1. The molecule has 40 heavy (non-hydrogen) atoms. The molecular weight excluding hydrogens is 528 g/mol. The number of carbonyl (C=O) groups excluding carboxylic acids is 1. The molecule has 2 aliphatic heterocycles. The molecule has 1 spiro atoms. The fourth-order valence-corrected chi connectivity index (χ4v) is 6.45. The van der Waals surface area contributed by atoms with E-state index >= 15 is 0 Å². The Labute approximate surface area is 235 Å². The first-order valence-electron chi connectivity index (χ1n) is 13.6. The number of fused-ring (bicyclic) bond motifs is 1. The quantitative estimate of drug-likeness (QED) is 0.411. The summed E-state index contributed by atoms with van der Waals surface area (Å²) < 4.78 is 37.2. The van der Waals surface area contributed by atoms with E-state index < -0.39 is 9.84 Å². The molecule has 0 aliphatic carbocycles. The monoisotopic (exact) mass is 564 g/mol. The van der Waals surface area contributed by atoms with Crippen molar-refractivity contribution >= 4 is 15.9 Å². The zero-order valence-electron chi connectivity index (χ0n) is 23.3. The molecule has 10 heteroatoms. The third-order valence-electron chi connectivity index (χ3n) is 7.24. The number of hydrogen-bond donors (Lipinski definition) is 0. The van der Waals surface area contributed by atoms with Crippen molar-refractivity contribution in [2.45, 2.75) is 63.6 Å². The van der Waals surface area contributed by atoms with E-state index in [1.807, 2.05) is 39.0 Å². The van der Waals surface area contributed by atoms with Crippen LogP contribution in [0.15, 0.2) is 55.0 Å². The maximum absolute atomic E-state index is 12.6. The second-order valence-electron chi connectivity index (χ2n) is 12.0. The van der Waals surface area contributed by atoms with Crippen LogP contribution in [0.4, 0.5) is 4.79 Å². The topological polar surface area (TPSA) is 112 Å². The van der Waals surface area contributed by atoms with Crippen molar-refractivity contribution in [1.29, 1.82) is 0 Å². The van der Waals surface area contributed by atoms with E-state index in [1.54, 1.807) is 41.7 Å².